The lowest BCUT2D eigenvalue weighted by molar-refractivity contribution is -0.149. The maximum absolute atomic E-state index is 13.4. The Hall–Kier alpha value is -2.48. The average Bonchev–Trinajstić information content (AvgIpc) is 3.13. The number of pyridine rings is 1. The highest BCUT2D eigenvalue weighted by atomic mass is 35.5. The normalized spacial score (nSPS) is 17.1. The molecule has 3 heterocycles. The molecule has 0 radical (unpaired) electrons. The number of rotatable bonds is 7. The molecule has 2 N–H and O–H groups in total. The Labute approximate surface area is 179 Å². The number of halogens is 1. The third-order valence-corrected chi connectivity index (χ3v) is 6.22. The molecule has 1 aliphatic rings. The third-order valence-electron chi connectivity index (χ3n) is 6.00. The van der Waals surface area contributed by atoms with Crippen LogP contribution in [-0.4, -0.2) is 48.1 Å². The number of aldehydes is 1. The van der Waals surface area contributed by atoms with Crippen molar-refractivity contribution in [1.29, 1.82) is 0 Å². The minimum atomic E-state index is -0.659. The van der Waals surface area contributed by atoms with E-state index < -0.39 is 11.5 Å². The van der Waals surface area contributed by atoms with Crippen molar-refractivity contribution in [3.8, 4) is 0 Å². The molecule has 3 aromatic rings. The minimum Gasteiger partial charge on any atom is -0.381 e. The van der Waals surface area contributed by atoms with Crippen LogP contribution in [0.25, 0.3) is 21.8 Å². The number of anilines is 1. The molecule has 0 bridgehead atoms. The summed E-state index contributed by atoms with van der Waals surface area (Å²) < 4.78 is 11.3. The number of amides is 1. The van der Waals surface area contributed by atoms with Crippen LogP contribution < -0.4 is 5.32 Å². The molecule has 1 aliphatic heterocycles. The van der Waals surface area contributed by atoms with Crippen molar-refractivity contribution in [3.63, 3.8) is 0 Å². The molecule has 8 heteroatoms. The molecule has 4 rings (SSSR count). The van der Waals surface area contributed by atoms with Gasteiger partial charge in [-0.05, 0) is 24.6 Å². The Morgan fingerprint density at radius 2 is 2.20 bits per heavy atom. The predicted octanol–water partition coefficient (Wildman–Crippen LogP) is 4.10. The number of ether oxygens (including phenoxy) is 2. The van der Waals surface area contributed by atoms with Crippen LogP contribution in [0.4, 0.5) is 5.69 Å². The van der Waals surface area contributed by atoms with E-state index in [-0.39, 0.29) is 12.3 Å². The molecule has 1 aromatic carbocycles. The van der Waals surface area contributed by atoms with Gasteiger partial charge in [-0.25, -0.2) is 0 Å². The number of fused-ring (bicyclic) bond motifs is 3. The van der Waals surface area contributed by atoms with Crippen molar-refractivity contribution in [1.82, 2.24) is 9.97 Å². The standard InChI is InChI=1S/C22H24ClN3O4/c1-29-22(5-9-30-10-6-22)17(3-2-8-27)21(28)26-18-12-14(23)11-16-15-4-7-24-13-19(15)25-20(16)18/h4,7-8,11-13,17,25H,2-3,5-6,9-10H2,1H3,(H,26,28). The number of benzene rings is 1. The largest absolute Gasteiger partial charge is 0.381 e. The molecule has 0 saturated carbocycles. The van der Waals surface area contributed by atoms with Crippen molar-refractivity contribution < 1.29 is 19.1 Å². The lowest BCUT2D eigenvalue weighted by Crippen LogP contribution is -2.49. The van der Waals surface area contributed by atoms with Gasteiger partial charge in [-0.3, -0.25) is 9.78 Å². The molecule has 1 unspecified atom stereocenters. The Morgan fingerprint density at radius 3 is 2.93 bits per heavy atom. The van der Waals surface area contributed by atoms with Crippen LogP contribution in [0.5, 0.6) is 0 Å². The number of carbonyl (C=O) groups is 2. The van der Waals surface area contributed by atoms with E-state index >= 15 is 0 Å². The quantitative estimate of drug-likeness (QED) is 0.551. The third kappa shape index (κ3) is 3.80. The number of nitrogens with zero attached hydrogens (tertiary/aromatic N) is 1. The first kappa shape index (κ1) is 20.8. The van der Waals surface area contributed by atoms with E-state index in [2.05, 4.69) is 15.3 Å². The molecule has 1 amide bonds. The molecule has 0 aliphatic carbocycles. The number of aromatic nitrogens is 2. The van der Waals surface area contributed by atoms with Crippen LogP contribution >= 0.6 is 11.6 Å². The van der Waals surface area contributed by atoms with Gasteiger partial charge in [0.15, 0.2) is 0 Å². The van der Waals surface area contributed by atoms with Gasteiger partial charge in [0.1, 0.15) is 6.29 Å². The van der Waals surface area contributed by atoms with E-state index in [0.717, 1.165) is 28.1 Å². The van der Waals surface area contributed by atoms with Crippen molar-refractivity contribution in [2.45, 2.75) is 31.3 Å². The molecule has 158 valence electrons. The van der Waals surface area contributed by atoms with Gasteiger partial charge >= 0.3 is 0 Å². The van der Waals surface area contributed by atoms with Gasteiger partial charge in [0.05, 0.1) is 34.4 Å². The van der Waals surface area contributed by atoms with Crippen LogP contribution in [0, 0.1) is 5.92 Å². The summed E-state index contributed by atoms with van der Waals surface area (Å²) in [5, 5.41) is 5.45. The summed E-state index contributed by atoms with van der Waals surface area (Å²) in [6.45, 7) is 1.05. The number of nitrogens with one attached hydrogen (secondary N) is 2. The van der Waals surface area contributed by atoms with Gasteiger partial charge in [0.25, 0.3) is 0 Å². The molecule has 1 saturated heterocycles. The fourth-order valence-electron chi connectivity index (χ4n) is 4.42. The average molecular weight is 430 g/mol. The second kappa shape index (κ2) is 8.71. The van der Waals surface area contributed by atoms with Gasteiger partial charge in [-0.15, -0.1) is 0 Å². The highest BCUT2D eigenvalue weighted by Gasteiger charge is 2.44. The van der Waals surface area contributed by atoms with Gasteiger partial charge < -0.3 is 24.6 Å². The van der Waals surface area contributed by atoms with Gasteiger partial charge in [-0.1, -0.05) is 11.6 Å². The van der Waals surface area contributed by atoms with Crippen molar-refractivity contribution in [3.05, 3.63) is 35.6 Å². The smallest absolute Gasteiger partial charge is 0.230 e. The summed E-state index contributed by atoms with van der Waals surface area (Å²) in [4.78, 5) is 32.0. The van der Waals surface area contributed by atoms with Crippen LogP contribution in [0.3, 0.4) is 0 Å². The fraction of sp³-hybridized carbons (Fsp3) is 0.409. The first-order valence-electron chi connectivity index (χ1n) is 10.0. The summed E-state index contributed by atoms with van der Waals surface area (Å²) >= 11 is 6.36. The zero-order valence-corrected chi connectivity index (χ0v) is 17.5. The number of methoxy groups -OCH3 is 1. The van der Waals surface area contributed by atoms with E-state index in [4.69, 9.17) is 21.1 Å². The van der Waals surface area contributed by atoms with Crippen LogP contribution in [0.2, 0.25) is 5.02 Å². The monoisotopic (exact) mass is 429 g/mol. The molecule has 0 spiro atoms. The summed E-state index contributed by atoms with van der Waals surface area (Å²) in [6, 6.07) is 5.50. The topological polar surface area (TPSA) is 93.3 Å². The first-order valence-corrected chi connectivity index (χ1v) is 10.4. The number of carbonyl (C=O) groups excluding carboxylic acids is 2. The summed E-state index contributed by atoms with van der Waals surface area (Å²) in [6.07, 6.45) is 6.19. The summed E-state index contributed by atoms with van der Waals surface area (Å²) in [7, 11) is 1.62. The second-order valence-electron chi connectivity index (χ2n) is 7.59. The fourth-order valence-corrected chi connectivity index (χ4v) is 4.63. The molecular weight excluding hydrogens is 406 g/mol. The highest BCUT2D eigenvalue weighted by Crippen LogP contribution is 2.38. The number of hydrogen-bond acceptors (Lipinski definition) is 5. The maximum atomic E-state index is 13.4. The molecule has 1 atom stereocenters. The van der Waals surface area contributed by atoms with Gasteiger partial charge in [0, 0.05) is 61.6 Å². The molecule has 30 heavy (non-hydrogen) atoms. The van der Waals surface area contributed by atoms with E-state index in [9.17, 15) is 9.59 Å². The lowest BCUT2D eigenvalue weighted by atomic mass is 9.77. The predicted molar refractivity (Wildman–Crippen MR) is 116 cm³/mol. The van der Waals surface area contributed by atoms with Crippen molar-refractivity contribution in [2.75, 3.05) is 25.6 Å². The maximum Gasteiger partial charge on any atom is 0.230 e. The zero-order chi connectivity index (χ0) is 21.1. The Balaban J connectivity index is 1.71. The van der Waals surface area contributed by atoms with E-state index in [1.165, 1.54) is 0 Å². The number of aromatic amines is 1. The van der Waals surface area contributed by atoms with E-state index in [1.54, 1.807) is 25.6 Å². The van der Waals surface area contributed by atoms with Crippen molar-refractivity contribution >= 4 is 51.3 Å². The molecule has 1 fully saturated rings. The molecular formula is C22H24ClN3O4. The zero-order valence-electron chi connectivity index (χ0n) is 16.7. The van der Waals surface area contributed by atoms with Crippen LogP contribution in [0.1, 0.15) is 25.7 Å². The Morgan fingerprint density at radius 1 is 1.40 bits per heavy atom. The SMILES string of the molecule is COC1(C(CCC=O)C(=O)Nc2cc(Cl)cc3c2[nH]c2cnccc23)CCOCC1. The highest BCUT2D eigenvalue weighted by molar-refractivity contribution is 6.32. The Kier molecular flexibility index (Phi) is 6.04. The van der Waals surface area contributed by atoms with Gasteiger partial charge in [-0.2, -0.15) is 0 Å². The first-order chi connectivity index (χ1) is 14.6. The molecule has 2 aromatic heterocycles. The van der Waals surface area contributed by atoms with E-state index in [0.29, 0.717) is 43.2 Å². The van der Waals surface area contributed by atoms with Crippen molar-refractivity contribution in [2.24, 2.45) is 5.92 Å². The minimum absolute atomic E-state index is 0.194. The van der Waals surface area contributed by atoms with Crippen LogP contribution in [-0.2, 0) is 19.1 Å². The van der Waals surface area contributed by atoms with E-state index in [1.807, 2.05) is 12.1 Å². The summed E-state index contributed by atoms with van der Waals surface area (Å²) in [5.41, 5.74) is 1.57. The Bertz CT molecular complexity index is 1070. The number of hydrogen-bond donors (Lipinski definition) is 2. The lowest BCUT2D eigenvalue weighted by Gasteiger charge is -2.41. The number of H-pyrrole nitrogens is 1. The van der Waals surface area contributed by atoms with Gasteiger partial charge in [0.2, 0.25) is 5.91 Å². The molecule has 7 nitrogen and oxygen atoms in total. The van der Waals surface area contributed by atoms with Crippen LogP contribution in [0.15, 0.2) is 30.6 Å². The second-order valence-corrected chi connectivity index (χ2v) is 8.03. The summed E-state index contributed by atoms with van der Waals surface area (Å²) in [5.74, 6) is -0.683.